The molecule has 1 fully saturated rings. The van der Waals surface area contributed by atoms with Crippen molar-refractivity contribution >= 4 is 5.91 Å². The van der Waals surface area contributed by atoms with Gasteiger partial charge in [-0.3, -0.25) is 4.79 Å². The second kappa shape index (κ2) is 5.75. The molecule has 1 aliphatic heterocycles. The highest BCUT2D eigenvalue weighted by atomic mass is 16.4. The molecule has 2 aliphatic rings. The summed E-state index contributed by atoms with van der Waals surface area (Å²) in [7, 11) is 0. The molecule has 0 saturated heterocycles. The highest BCUT2D eigenvalue weighted by molar-refractivity contribution is 5.98. The molecule has 0 unspecified atom stereocenters. The fourth-order valence-electron chi connectivity index (χ4n) is 3.64. The Labute approximate surface area is 130 Å². The number of carbonyl (C=O) groups is 1. The zero-order chi connectivity index (χ0) is 15.7. The van der Waals surface area contributed by atoms with Crippen LogP contribution in [0.2, 0.25) is 0 Å². The standard InChI is InChI=1S/C18H23NO3/c1-3-6-18(8-9-18)7-4-5-13-11-15(20)22-14-10-12(2)19-17(21)16(13)14/h11H,2-10H2,1H3,(H,19,21). The van der Waals surface area contributed by atoms with Gasteiger partial charge in [-0.05, 0) is 49.5 Å². The molecular formula is C18H23NO3. The van der Waals surface area contributed by atoms with Crippen LogP contribution in [0.15, 0.2) is 27.6 Å². The molecule has 4 nitrogen and oxygen atoms in total. The number of amides is 1. The van der Waals surface area contributed by atoms with E-state index in [1.165, 1.54) is 38.2 Å². The molecule has 1 aromatic heterocycles. The van der Waals surface area contributed by atoms with Gasteiger partial charge in [-0.25, -0.2) is 4.79 Å². The van der Waals surface area contributed by atoms with E-state index in [0.717, 1.165) is 18.4 Å². The number of carbonyl (C=O) groups excluding carboxylic acids is 1. The monoisotopic (exact) mass is 301 g/mol. The van der Waals surface area contributed by atoms with Gasteiger partial charge in [0.2, 0.25) is 0 Å². The van der Waals surface area contributed by atoms with Gasteiger partial charge >= 0.3 is 5.63 Å². The first-order valence-electron chi connectivity index (χ1n) is 8.18. The predicted molar refractivity (Wildman–Crippen MR) is 84.8 cm³/mol. The average molecular weight is 301 g/mol. The van der Waals surface area contributed by atoms with E-state index in [1.807, 2.05) is 0 Å². The summed E-state index contributed by atoms with van der Waals surface area (Å²) in [5.41, 5.74) is 2.13. The molecule has 1 aliphatic carbocycles. The number of nitrogens with one attached hydrogen (secondary N) is 1. The van der Waals surface area contributed by atoms with E-state index >= 15 is 0 Å². The number of hydrogen-bond donors (Lipinski definition) is 1. The van der Waals surface area contributed by atoms with E-state index in [2.05, 4.69) is 18.8 Å². The summed E-state index contributed by atoms with van der Waals surface area (Å²) < 4.78 is 5.20. The van der Waals surface area contributed by atoms with Crippen molar-refractivity contribution in [3.8, 4) is 0 Å². The topological polar surface area (TPSA) is 59.3 Å². The number of aryl methyl sites for hydroxylation is 1. The van der Waals surface area contributed by atoms with Crippen LogP contribution in [-0.4, -0.2) is 5.91 Å². The molecule has 0 radical (unpaired) electrons. The molecule has 1 aromatic rings. The van der Waals surface area contributed by atoms with Crippen LogP contribution in [0.4, 0.5) is 0 Å². The fraction of sp³-hybridized carbons (Fsp3) is 0.556. The molecule has 0 bridgehead atoms. The molecule has 1 amide bonds. The summed E-state index contributed by atoms with van der Waals surface area (Å²) in [6, 6.07) is 1.48. The van der Waals surface area contributed by atoms with Crippen molar-refractivity contribution in [2.24, 2.45) is 5.41 Å². The van der Waals surface area contributed by atoms with Crippen LogP contribution in [0.3, 0.4) is 0 Å². The normalized spacial score (nSPS) is 18.8. The fourth-order valence-corrected chi connectivity index (χ4v) is 3.64. The Kier molecular flexibility index (Phi) is 3.94. The summed E-state index contributed by atoms with van der Waals surface area (Å²) >= 11 is 0. The van der Waals surface area contributed by atoms with Crippen molar-refractivity contribution in [1.29, 1.82) is 0 Å². The van der Waals surface area contributed by atoms with Crippen LogP contribution in [0.1, 0.15) is 67.1 Å². The second-order valence-corrected chi connectivity index (χ2v) is 6.73. The first-order chi connectivity index (χ1) is 10.5. The minimum Gasteiger partial charge on any atom is -0.427 e. The Morgan fingerprint density at radius 2 is 2.09 bits per heavy atom. The van der Waals surface area contributed by atoms with Crippen molar-refractivity contribution in [3.05, 3.63) is 45.6 Å². The van der Waals surface area contributed by atoms with Crippen LogP contribution in [0.25, 0.3) is 0 Å². The quantitative estimate of drug-likeness (QED) is 0.876. The molecule has 3 rings (SSSR count). The maximum atomic E-state index is 12.2. The summed E-state index contributed by atoms with van der Waals surface area (Å²) in [6.45, 7) is 5.98. The van der Waals surface area contributed by atoms with Gasteiger partial charge in [0, 0.05) is 18.2 Å². The van der Waals surface area contributed by atoms with E-state index in [4.69, 9.17) is 4.42 Å². The molecule has 1 saturated carbocycles. The second-order valence-electron chi connectivity index (χ2n) is 6.73. The van der Waals surface area contributed by atoms with Crippen molar-refractivity contribution in [2.45, 2.75) is 58.3 Å². The molecule has 1 N–H and O–H groups in total. The van der Waals surface area contributed by atoms with Crippen LogP contribution in [-0.2, 0) is 12.8 Å². The van der Waals surface area contributed by atoms with Crippen LogP contribution in [0.5, 0.6) is 0 Å². The summed E-state index contributed by atoms with van der Waals surface area (Å²) in [5.74, 6) is 0.269. The molecule has 22 heavy (non-hydrogen) atoms. The smallest absolute Gasteiger partial charge is 0.336 e. The zero-order valence-electron chi connectivity index (χ0n) is 13.2. The lowest BCUT2D eigenvalue weighted by Crippen LogP contribution is -2.32. The highest BCUT2D eigenvalue weighted by Gasteiger charge is 2.40. The lowest BCUT2D eigenvalue weighted by molar-refractivity contribution is 0.0952. The van der Waals surface area contributed by atoms with Gasteiger partial charge in [0.1, 0.15) is 5.76 Å². The summed E-state index contributed by atoms with van der Waals surface area (Å²) in [5, 5.41) is 2.74. The third kappa shape index (κ3) is 3.01. The molecule has 0 spiro atoms. The van der Waals surface area contributed by atoms with Crippen LogP contribution >= 0.6 is 0 Å². The van der Waals surface area contributed by atoms with Gasteiger partial charge in [0.15, 0.2) is 0 Å². The van der Waals surface area contributed by atoms with Crippen LogP contribution in [0, 0.1) is 5.41 Å². The van der Waals surface area contributed by atoms with Crippen LogP contribution < -0.4 is 10.9 Å². The zero-order valence-corrected chi connectivity index (χ0v) is 13.2. The largest absolute Gasteiger partial charge is 0.427 e. The maximum absolute atomic E-state index is 12.2. The van der Waals surface area contributed by atoms with Crippen molar-refractivity contribution in [3.63, 3.8) is 0 Å². The average Bonchev–Trinajstić information content (AvgIpc) is 3.17. The Morgan fingerprint density at radius 3 is 2.77 bits per heavy atom. The van der Waals surface area contributed by atoms with E-state index in [0.29, 0.717) is 28.9 Å². The van der Waals surface area contributed by atoms with Gasteiger partial charge in [0.05, 0.1) is 5.56 Å². The molecule has 0 aromatic carbocycles. The maximum Gasteiger partial charge on any atom is 0.336 e. The number of fused-ring (bicyclic) bond motifs is 1. The predicted octanol–water partition coefficient (Wildman–Crippen LogP) is 3.34. The Balaban J connectivity index is 1.75. The molecular weight excluding hydrogens is 278 g/mol. The van der Waals surface area contributed by atoms with Gasteiger partial charge < -0.3 is 9.73 Å². The SMILES string of the molecule is C=C1Cc2oc(=O)cc(CCCC3(CCC)CC3)c2C(=O)N1. The number of hydrogen-bond acceptors (Lipinski definition) is 3. The Morgan fingerprint density at radius 1 is 1.32 bits per heavy atom. The third-order valence-corrected chi connectivity index (χ3v) is 4.90. The van der Waals surface area contributed by atoms with Crippen molar-refractivity contribution in [2.75, 3.05) is 0 Å². The first-order valence-corrected chi connectivity index (χ1v) is 8.18. The van der Waals surface area contributed by atoms with E-state index in [1.54, 1.807) is 0 Å². The first kappa shape index (κ1) is 15.1. The molecule has 2 heterocycles. The lowest BCUT2D eigenvalue weighted by Gasteiger charge is -2.20. The van der Waals surface area contributed by atoms with Crippen molar-refractivity contribution in [1.82, 2.24) is 5.32 Å². The molecule has 118 valence electrons. The Bertz CT molecular complexity index is 667. The lowest BCUT2D eigenvalue weighted by atomic mass is 9.91. The minimum absolute atomic E-state index is 0.195. The van der Waals surface area contributed by atoms with Gasteiger partial charge in [-0.1, -0.05) is 19.9 Å². The van der Waals surface area contributed by atoms with Gasteiger partial charge in [-0.2, -0.15) is 0 Å². The highest BCUT2D eigenvalue weighted by Crippen LogP contribution is 2.53. The van der Waals surface area contributed by atoms with E-state index in [9.17, 15) is 9.59 Å². The molecule has 0 atom stereocenters. The van der Waals surface area contributed by atoms with Gasteiger partial charge in [0.25, 0.3) is 5.91 Å². The third-order valence-electron chi connectivity index (χ3n) is 4.90. The number of rotatable bonds is 6. The van der Waals surface area contributed by atoms with E-state index < -0.39 is 0 Å². The minimum atomic E-state index is -0.369. The Hall–Kier alpha value is -1.84. The summed E-state index contributed by atoms with van der Waals surface area (Å²) in [6.07, 6.45) is 8.56. The van der Waals surface area contributed by atoms with Gasteiger partial charge in [-0.15, -0.1) is 0 Å². The van der Waals surface area contributed by atoms with Crippen molar-refractivity contribution < 1.29 is 9.21 Å². The molecule has 4 heteroatoms. The number of allylic oxidation sites excluding steroid dienone is 1. The van der Waals surface area contributed by atoms with E-state index in [-0.39, 0.29) is 11.5 Å². The summed E-state index contributed by atoms with van der Waals surface area (Å²) in [4.78, 5) is 23.9.